The maximum Gasteiger partial charge on any atom is 0.410 e. The molecular formula is C18H12Cl3F3N4OS. The van der Waals surface area contributed by atoms with E-state index in [0.717, 1.165) is 9.56 Å². The van der Waals surface area contributed by atoms with Crippen molar-refractivity contribution in [3.8, 4) is 0 Å². The number of benzene rings is 1. The van der Waals surface area contributed by atoms with Gasteiger partial charge < -0.3 is 10.6 Å². The van der Waals surface area contributed by atoms with Crippen molar-refractivity contribution in [3.05, 3.63) is 61.4 Å². The van der Waals surface area contributed by atoms with Crippen LogP contribution >= 0.6 is 46.1 Å². The minimum absolute atomic E-state index is 0.0639. The highest BCUT2D eigenvalue weighted by Crippen LogP contribution is 2.47. The van der Waals surface area contributed by atoms with Crippen LogP contribution in [0, 0.1) is 0 Å². The topological polar surface area (TPSA) is 59.0 Å². The van der Waals surface area contributed by atoms with Crippen LogP contribution in [0.4, 0.5) is 24.7 Å². The summed E-state index contributed by atoms with van der Waals surface area (Å²) < 4.78 is 42.0. The highest BCUT2D eigenvalue weighted by atomic mass is 35.5. The minimum atomic E-state index is -4.58. The molecule has 1 aliphatic rings. The number of nitrogens with one attached hydrogen (secondary N) is 2. The second kappa shape index (κ2) is 7.96. The maximum absolute atomic E-state index is 13.8. The molecule has 2 aromatic heterocycles. The molecule has 12 heteroatoms. The summed E-state index contributed by atoms with van der Waals surface area (Å²) in [6.45, 7) is 0. The van der Waals surface area contributed by atoms with Crippen LogP contribution < -0.4 is 10.6 Å². The molecule has 1 amide bonds. The van der Waals surface area contributed by atoms with Crippen LogP contribution in [0.3, 0.4) is 0 Å². The molecule has 2 N–H and O–H groups in total. The number of hydrogen-bond acceptors (Lipinski definition) is 4. The molecular weight excluding hydrogens is 484 g/mol. The molecule has 1 aliphatic heterocycles. The van der Waals surface area contributed by atoms with Crippen molar-refractivity contribution in [1.82, 2.24) is 9.78 Å². The lowest BCUT2D eigenvalue weighted by Gasteiger charge is -2.32. The molecule has 0 bridgehead atoms. The molecule has 4 rings (SSSR count). The third-order valence-electron chi connectivity index (χ3n) is 4.57. The monoisotopic (exact) mass is 494 g/mol. The number of carbonyl (C=O) groups excluding carboxylic acids is 1. The Morgan fingerprint density at radius 2 is 2.03 bits per heavy atom. The van der Waals surface area contributed by atoms with Gasteiger partial charge in [-0.25, -0.2) is 4.68 Å². The van der Waals surface area contributed by atoms with Crippen LogP contribution in [-0.4, -0.2) is 21.9 Å². The lowest BCUT2D eigenvalue weighted by Crippen LogP contribution is -2.35. The third-order valence-corrected chi connectivity index (χ3v) is 6.48. The summed E-state index contributed by atoms with van der Waals surface area (Å²) in [5, 5.41) is 11.4. The fourth-order valence-corrected chi connectivity index (χ4v) is 4.58. The van der Waals surface area contributed by atoms with E-state index in [1.165, 1.54) is 29.5 Å². The number of alkyl halides is 3. The first-order valence-corrected chi connectivity index (χ1v) is 10.6. The number of carbonyl (C=O) groups is 1. The summed E-state index contributed by atoms with van der Waals surface area (Å²) in [6, 6.07) is 5.37. The number of nitrogens with zero attached hydrogens (tertiary/aromatic N) is 2. The molecule has 0 saturated carbocycles. The van der Waals surface area contributed by atoms with Crippen LogP contribution in [0.15, 0.2) is 35.7 Å². The number of rotatable bonds is 3. The Labute approximate surface area is 187 Å². The molecule has 2 atom stereocenters. The standard InChI is InChI=1S/C18H12Cl3F3N4OS/c19-8-3-4-9(20)10(6-8)26-17(29)15-14(21)16-25-11(12-2-1-5-30-12)7-13(18(22,23)24)28(16)27-15/h1-6,11,13,25H,7H2,(H,26,29)/t11-,13+/m0/s1. The van der Waals surface area contributed by atoms with Crippen LogP contribution in [0.2, 0.25) is 15.1 Å². The molecule has 0 spiro atoms. The first-order valence-electron chi connectivity index (χ1n) is 8.56. The molecule has 30 heavy (non-hydrogen) atoms. The molecule has 5 nitrogen and oxygen atoms in total. The lowest BCUT2D eigenvalue weighted by atomic mass is 10.0. The Hall–Kier alpha value is -1.94. The lowest BCUT2D eigenvalue weighted by molar-refractivity contribution is -0.173. The van der Waals surface area contributed by atoms with Gasteiger partial charge in [0.25, 0.3) is 5.91 Å². The third kappa shape index (κ3) is 3.99. The predicted molar refractivity (Wildman–Crippen MR) is 112 cm³/mol. The molecule has 3 aromatic rings. The first kappa shape index (κ1) is 21.3. The van der Waals surface area contributed by atoms with E-state index < -0.39 is 24.2 Å². The van der Waals surface area contributed by atoms with Gasteiger partial charge in [0, 0.05) is 16.3 Å². The molecule has 1 aromatic carbocycles. The Morgan fingerprint density at radius 3 is 2.70 bits per heavy atom. The smallest absolute Gasteiger partial charge is 0.361 e. The Kier molecular flexibility index (Phi) is 5.65. The van der Waals surface area contributed by atoms with Crippen LogP contribution in [0.1, 0.15) is 33.9 Å². The van der Waals surface area contributed by atoms with Gasteiger partial charge in [-0.2, -0.15) is 18.3 Å². The number of hydrogen-bond donors (Lipinski definition) is 2. The van der Waals surface area contributed by atoms with Gasteiger partial charge in [-0.3, -0.25) is 4.79 Å². The van der Waals surface area contributed by atoms with Gasteiger partial charge in [-0.1, -0.05) is 40.9 Å². The fraction of sp³-hybridized carbons (Fsp3) is 0.222. The van der Waals surface area contributed by atoms with Gasteiger partial charge in [0.1, 0.15) is 10.8 Å². The number of fused-ring (bicyclic) bond motifs is 1. The Morgan fingerprint density at radius 1 is 1.27 bits per heavy atom. The van der Waals surface area contributed by atoms with Crippen molar-refractivity contribution in [3.63, 3.8) is 0 Å². The van der Waals surface area contributed by atoms with Gasteiger partial charge in [-0.15, -0.1) is 11.3 Å². The predicted octanol–water partition coefficient (Wildman–Crippen LogP) is 6.82. The van der Waals surface area contributed by atoms with Crippen molar-refractivity contribution >= 4 is 63.6 Å². The average Bonchev–Trinajstić information content (AvgIpc) is 3.32. The second-order valence-corrected chi connectivity index (χ2v) is 8.74. The molecule has 158 valence electrons. The largest absolute Gasteiger partial charge is 0.410 e. The molecule has 0 radical (unpaired) electrons. The molecule has 0 saturated heterocycles. The van der Waals surface area contributed by atoms with E-state index in [9.17, 15) is 18.0 Å². The Bertz CT molecular complexity index is 1100. The summed E-state index contributed by atoms with van der Waals surface area (Å²) >= 11 is 19.6. The van der Waals surface area contributed by atoms with E-state index in [2.05, 4.69) is 15.7 Å². The fourth-order valence-electron chi connectivity index (χ4n) is 3.19. The van der Waals surface area contributed by atoms with Gasteiger partial charge in [0.15, 0.2) is 11.7 Å². The van der Waals surface area contributed by atoms with Crippen molar-refractivity contribution in [1.29, 1.82) is 0 Å². The first-order chi connectivity index (χ1) is 14.1. The van der Waals surface area contributed by atoms with E-state index >= 15 is 0 Å². The highest BCUT2D eigenvalue weighted by Gasteiger charge is 2.48. The van der Waals surface area contributed by atoms with E-state index in [-0.39, 0.29) is 33.7 Å². The number of amides is 1. The van der Waals surface area contributed by atoms with E-state index in [1.54, 1.807) is 17.5 Å². The highest BCUT2D eigenvalue weighted by molar-refractivity contribution is 7.10. The van der Waals surface area contributed by atoms with E-state index in [4.69, 9.17) is 34.8 Å². The maximum atomic E-state index is 13.8. The normalized spacial score (nSPS) is 18.6. The molecule has 0 unspecified atom stereocenters. The molecule has 3 heterocycles. The van der Waals surface area contributed by atoms with Gasteiger partial charge in [0.2, 0.25) is 0 Å². The SMILES string of the molecule is O=C(Nc1cc(Cl)ccc1Cl)c1nn2c(c1Cl)N[C@H](c1cccs1)C[C@@H]2C(F)(F)F. The zero-order chi connectivity index (χ0) is 21.6. The summed E-state index contributed by atoms with van der Waals surface area (Å²) in [7, 11) is 0. The zero-order valence-corrected chi connectivity index (χ0v) is 17.9. The molecule has 0 fully saturated rings. The second-order valence-electron chi connectivity index (χ2n) is 6.54. The number of thiophene rings is 1. The summed E-state index contributed by atoms with van der Waals surface area (Å²) in [4.78, 5) is 13.4. The zero-order valence-electron chi connectivity index (χ0n) is 14.8. The van der Waals surface area contributed by atoms with Gasteiger partial charge in [0.05, 0.1) is 16.8 Å². The number of halogens is 6. The summed E-state index contributed by atoms with van der Waals surface area (Å²) in [5.41, 5.74) is -0.163. The van der Waals surface area contributed by atoms with E-state index in [0.29, 0.717) is 5.02 Å². The van der Waals surface area contributed by atoms with Crippen LogP contribution in [0.25, 0.3) is 0 Å². The average molecular weight is 496 g/mol. The molecule has 0 aliphatic carbocycles. The van der Waals surface area contributed by atoms with Crippen molar-refractivity contribution < 1.29 is 18.0 Å². The summed E-state index contributed by atoms with van der Waals surface area (Å²) in [5.74, 6) is -0.868. The summed E-state index contributed by atoms with van der Waals surface area (Å²) in [6.07, 6.45) is -4.86. The number of aromatic nitrogens is 2. The van der Waals surface area contributed by atoms with Crippen LogP contribution in [-0.2, 0) is 0 Å². The minimum Gasteiger partial charge on any atom is -0.361 e. The van der Waals surface area contributed by atoms with Crippen molar-refractivity contribution in [2.24, 2.45) is 0 Å². The van der Waals surface area contributed by atoms with Gasteiger partial charge in [-0.05, 0) is 29.6 Å². The van der Waals surface area contributed by atoms with Crippen LogP contribution in [0.5, 0.6) is 0 Å². The quantitative estimate of drug-likeness (QED) is 0.419. The number of anilines is 2. The van der Waals surface area contributed by atoms with Crippen molar-refractivity contribution in [2.75, 3.05) is 10.6 Å². The van der Waals surface area contributed by atoms with Crippen molar-refractivity contribution in [2.45, 2.75) is 24.7 Å². The van der Waals surface area contributed by atoms with E-state index in [1.807, 2.05) is 0 Å². The van der Waals surface area contributed by atoms with Gasteiger partial charge >= 0.3 is 6.18 Å². The Balaban J connectivity index is 1.71.